The van der Waals surface area contributed by atoms with Crippen LogP contribution in [0.15, 0.2) is 73.0 Å². The lowest BCUT2D eigenvalue weighted by Gasteiger charge is -2.00. The number of para-hydroxylation sites is 1. The lowest BCUT2D eigenvalue weighted by molar-refractivity contribution is 0.477. The number of hydrogen-bond donors (Lipinski definition) is 1. The van der Waals surface area contributed by atoms with Gasteiger partial charge in [0.2, 0.25) is 0 Å². The van der Waals surface area contributed by atoms with Gasteiger partial charge < -0.3 is 9.52 Å². The zero-order chi connectivity index (χ0) is 16.7. The third-order valence-electron chi connectivity index (χ3n) is 3.71. The number of aromatic hydroxyl groups is 1. The summed E-state index contributed by atoms with van der Waals surface area (Å²) in [7, 11) is 0. The summed E-state index contributed by atoms with van der Waals surface area (Å²) in [5.41, 5.74) is 2.89. The largest absolute Gasteiger partial charge is 0.506 e. The summed E-state index contributed by atoms with van der Waals surface area (Å²) in [4.78, 5) is 4.40. The summed E-state index contributed by atoms with van der Waals surface area (Å²) in [5.74, 6) is 0.124. The molecule has 0 saturated heterocycles. The molecule has 1 N–H and O–H groups in total. The highest BCUT2D eigenvalue weighted by molar-refractivity contribution is 9.11. The molecule has 0 bridgehead atoms. The molecule has 1 heterocycles. The molecule has 24 heavy (non-hydrogen) atoms. The van der Waals surface area contributed by atoms with E-state index in [2.05, 4.69) is 36.9 Å². The van der Waals surface area contributed by atoms with Crippen LogP contribution in [0.3, 0.4) is 0 Å². The minimum Gasteiger partial charge on any atom is -0.506 e. The molecule has 4 rings (SSSR count). The van der Waals surface area contributed by atoms with Gasteiger partial charge in [0, 0.05) is 32.0 Å². The van der Waals surface area contributed by atoms with Crippen LogP contribution in [-0.2, 0) is 0 Å². The molecule has 0 radical (unpaired) electrons. The van der Waals surface area contributed by atoms with E-state index >= 15 is 0 Å². The van der Waals surface area contributed by atoms with Crippen LogP contribution in [-0.4, -0.2) is 11.3 Å². The van der Waals surface area contributed by atoms with Crippen LogP contribution in [0, 0.1) is 0 Å². The number of halogens is 2. The van der Waals surface area contributed by atoms with Gasteiger partial charge in [-0.05, 0) is 35.9 Å². The number of aliphatic imine (C=N–C) groups is 1. The summed E-state index contributed by atoms with van der Waals surface area (Å²) in [6.07, 6.45) is 1.71. The maximum absolute atomic E-state index is 10.3. The molecule has 0 atom stereocenters. The quantitative estimate of drug-likeness (QED) is 0.355. The second-order valence-corrected chi connectivity index (χ2v) is 7.23. The fourth-order valence-corrected chi connectivity index (χ4v) is 3.98. The predicted molar refractivity (Wildman–Crippen MR) is 104 cm³/mol. The van der Waals surface area contributed by atoms with Gasteiger partial charge in [0.1, 0.15) is 22.6 Å². The molecule has 3 aromatic carbocycles. The molecule has 0 saturated carbocycles. The molecular weight excluding hydrogens is 434 g/mol. The van der Waals surface area contributed by atoms with E-state index < -0.39 is 0 Å². The van der Waals surface area contributed by atoms with Crippen molar-refractivity contribution in [1.82, 2.24) is 0 Å². The molecule has 4 aromatic rings. The van der Waals surface area contributed by atoms with Crippen molar-refractivity contribution < 1.29 is 9.52 Å². The normalized spacial score (nSPS) is 11.8. The highest BCUT2D eigenvalue weighted by atomic mass is 79.9. The monoisotopic (exact) mass is 443 g/mol. The Morgan fingerprint density at radius 1 is 0.875 bits per heavy atom. The van der Waals surface area contributed by atoms with Gasteiger partial charge in [0.05, 0.1) is 0 Å². The van der Waals surface area contributed by atoms with Crippen LogP contribution in [0.4, 0.5) is 5.69 Å². The van der Waals surface area contributed by atoms with Crippen LogP contribution in [0.25, 0.3) is 21.9 Å². The molecule has 0 aliphatic carbocycles. The average Bonchev–Trinajstić information content (AvgIpc) is 2.89. The van der Waals surface area contributed by atoms with Crippen molar-refractivity contribution in [3.05, 3.63) is 69.1 Å². The van der Waals surface area contributed by atoms with Crippen LogP contribution >= 0.6 is 31.9 Å². The number of benzene rings is 3. The molecular formula is C19H11Br2NO2. The van der Waals surface area contributed by atoms with Gasteiger partial charge in [-0.1, -0.05) is 50.1 Å². The molecule has 0 aliphatic heterocycles. The van der Waals surface area contributed by atoms with E-state index in [0.29, 0.717) is 11.3 Å². The summed E-state index contributed by atoms with van der Waals surface area (Å²) in [5, 5.41) is 12.2. The van der Waals surface area contributed by atoms with Gasteiger partial charge in [-0.25, -0.2) is 0 Å². The number of nitrogens with zero attached hydrogens (tertiary/aromatic N) is 1. The molecule has 0 unspecified atom stereocenters. The molecule has 118 valence electrons. The minimum atomic E-state index is 0.124. The van der Waals surface area contributed by atoms with Crippen molar-refractivity contribution in [2.24, 2.45) is 4.99 Å². The number of rotatable bonds is 2. The van der Waals surface area contributed by atoms with Gasteiger partial charge >= 0.3 is 0 Å². The molecule has 0 spiro atoms. The number of furan rings is 1. The summed E-state index contributed by atoms with van der Waals surface area (Å²) >= 11 is 6.90. The standard InChI is InChI=1S/C19H11Br2NO2/c20-12-5-11(6-13(21)7-12)10-22-16-9-19-15(8-17(16)23)14-3-1-2-4-18(14)24-19/h1-10,23H. The van der Waals surface area contributed by atoms with Crippen LogP contribution in [0.1, 0.15) is 5.56 Å². The number of fused-ring (bicyclic) bond motifs is 3. The zero-order valence-electron chi connectivity index (χ0n) is 12.3. The summed E-state index contributed by atoms with van der Waals surface area (Å²) in [6.45, 7) is 0. The van der Waals surface area contributed by atoms with Gasteiger partial charge in [-0.15, -0.1) is 0 Å². The first-order valence-corrected chi connectivity index (χ1v) is 8.83. The van der Waals surface area contributed by atoms with Crippen molar-refractivity contribution in [3.8, 4) is 5.75 Å². The Bertz CT molecular complexity index is 1080. The highest BCUT2D eigenvalue weighted by Crippen LogP contribution is 2.37. The van der Waals surface area contributed by atoms with E-state index in [1.165, 1.54) is 0 Å². The first kappa shape index (κ1) is 15.4. The third kappa shape index (κ3) is 2.85. The van der Waals surface area contributed by atoms with Crippen molar-refractivity contribution >= 4 is 65.7 Å². The molecule has 0 aliphatic rings. The molecule has 3 nitrogen and oxygen atoms in total. The zero-order valence-corrected chi connectivity index (χ0v) is 15.5. The fourth-order valence-electron chi connectivity index (χ4n) is 2.65. The topological polar surface area (TPSA) is 45.7 Å². The number of hydrogen-bond acceptors (Lipinski definition) is 3. The Balaban J connectivity index is 1.80. The summed E-state index contributed by atoms with van der Waals surface area (Å²) in [6, 6.07) is 17.1. The number of phenols is 1. The minimum absolute atomic E-state index is 0.124. The second kappa shape index (κ2) is 6.07. The van der Waals surface area contributed by atoms with Crippen LogP contribution in [0.2, 0.25) is 0 Å². The van der Waals surface area contributed by atoms with Gasteiger partial charge in [-0.2, -0.15) is 0 Å². The fraction of sp³-hybridized carbons (Fsp3) is 0. The van der Waals surface area contributed by atoms with Crippen molar-refractivity contribution in [2.75, 3.05) is 0 Å². The van der Waals surface area contributed by atoms with E-state index in [-0.39, 0.29) is 5.75 Å². The molecule has 5 heteroatoms. The Hall–Kier alpha value is -2.11. The lowest BCUT2D eigenvalue weighted by atomic mass is 10.1. The van der Waals surface area contributed by atoms with Gasteiger partial charge in [0.25, 0.3) is 0 Å². The van der Waals surface area contributed by atoms with Crippen molar-refractivity contribution in [1.29, 1.82) is 0 Å². The van der Waals surface area contributed by atoms with Gasteiger partial charge in [0.15, 0.2) is 0 Å². The Labute approximate surface area is 154 Å². The number of phenolic OH excluding ortho intramolecular Hbond substituents is 1. The Kier molecular flexibility index (Phi) is 3.90. The highest BCUT2D eigenvalue weighted by Gasteiger charge is 2.10. The third-order valence-corrected chi connectivity index (χ3v) is 4.63. The maximum Gasteiger partial charge on any atom is 0.142 e. The first-order valence-electron chi connectivity index (χ1n) is 7.24. The molecule has 0 amide bonds. The van der Waals surface area contributed by atoms with Gasteiger partial charge in [-0.3, -0.25) is 4.99 Å². The predicted octanol–water partition coefficient (Wildman–Crippen LogP) is 6.57. The van der Waals surface area contributed by atoms with E-state index in [1.807, 2.05) is 42.5 Å². The van der Waals surface area contributed by atoms with E-state index in [1.54, 1.807) is 18.3 Å². The average molecular weight is 445 g/mol. The maximum atomic E-state index is 10.3. The van der Waals surface area contributed by atoms with Crippen LogP contribution < -0.4 is 0 Å². The van der Waals surface area contributed by atoms with Crippen LogP contribution in [0.5, 0.6) is 5.75 Å². The van der Waals surface area contributed by atoms with E-state index in [9.17, 15) is 5.11 Å². The summed E-state index contributed by atoms with van der Waals surface area (Å²) < 4.78 is 7.75. The van der Waals surface area contributed by atoms with E-state index in [4.69, 9.17) is 4.42 Å². The smallest absolute Gasteiger partial charge is 0.142 e. The second-order valence-electron chi connectivity index (χ2n) is 5.40. The Morgan fingerprint density at radius 3 is 2.42 bits per heavy atom. The molecule has 1 aromatic heterocycles. The Morgan fingerprint density at radius 2 is 1.62 bits per heavy atom. The first-order chi connectivity index (χ1) is 11.6. The van der Waals surface area contributed by atoms with Crippen molar-refractivity contribution in [3.63, 3.8) is 0 Å². The SMILES string of the molecule is Oc1cc2c(cc1N=Cc1cc(Br)cc(Br)c1)oc1ccccc12. The van der Waals surface area contributed by atoms with Crippen molar-refractivity contribution in [2.45, 2.75) is 0 Å². The van der Waals surface area contributed by atoms with E-state index in [0.717, 1.165) is 30.9 Å². The lowest BCUT2D eigenvalue weighted by Crippen LogP contribution is -1.81. The molecule has 0 fully saturated rings.